The molecule has 2 aromatic carbocycles. The largest absolute Gasteiger partial charge is 0.462 e. The van der Waals surface area contributed by atoms with Crippen LogP contribution in [0.5, 0.6) is 6.01 Å². The number of halogens is 1. The molecule has 1 N–H and O–H groups in total. The lowest BCUT2D eigenvalue weighted by molar-refractivity contribution is 0.188. The summed E-state index contributed by atoms with van der Waals surface area (Å²) in [4.78, 5) is 18.7. The Bertz CT molecular complexity index is 1460. The van der Waals surface area contributed by atoms with Crippen LogP contribution in [0.2, 0.25) is 0 Å². The highest BCUT2D eigenvalue weighted by Gasteiger charge is 2.34. The van der Waals surface area contributed by atoms with Crippen molar-refractivity contribution >= 4 is 27.5 Å². The smallest absolute Gasteiger partial charge is 0.319 e. The van der Waals surface area contributed by atoms with Gasteiger partial charge in [-0.05, 0) is 50.0 Å². The summed E-state index contributed by atoms with van der Waals surface area (Å²) in [5, 5.41) is 6.31. The molecule has 0 radical (unpaired) electrons. The SMILES string of the molecule is CN1CCC[C@H]1COc1nc(N2C[C@H]3CC[C@@H](C2)N3)c2cnc(-c3cccc4ccccc34)c(F)c2n1. The van der Waals surface area contributed by atoms with Gasteiger partial charge in [0.15, 0.2) is 5.82 Å². The van der Waals surface area contributed by atoms with Gasteiger partial charge >= 0.3 is 6.01 Å². The first-order valence-corrected chi connectivity index (χ1v) is 13.3. The predicted molar refractivity (Wildman–Crippen MR) is 144 cm³/mol. The molecule has 3 saturated heterocycles. The lowest BCUT2D eigenvalue weighted by atomic mass is 10.0. The van der Waals surface area contributed by atoms with Crippen molar-refractivity contribution in [2.24, 2.45) is 0 Å². The maximum absolute atomic E-state index is 16.3. The first-order chi connectivity index (χ1) is 18.1. The van der Waals surface area contributed by atoms with E-state index in [-0.39, 0.29) is 11.5 Å². The van der Waals surface area contributed by atoms with Gasteiger partial charge in [-0.25, -0.2) is 4.39 Å². The molecule has 2 aromatic heterocycles. The highest BCUT2D eigenvalue weighted by atomic mass is 19.1. The van der Waals surface area contributed by atoms with Crippen LogP contribution in [0.4, 0.5) is 10.2 Å². The number of piperazine rings is 1. The number of fused-ring (bicyclic) bond motifs is 4. The summed E-state index contributed by atoms with van der Waals surface area (Å²) in [7, 11) is 2.12. The van der Waals surface area contributed by atoms with E-state index in [2.05, 4.69) is 32.1 Å². The van der Waals surface area contributed by atoms with Crippen LogP contribution < -0.4 is 15.0 Å². The summed E-state index contributed by atoms with van der Waals surface area (Å²) in [5.41, 5.74) is 1.33. The van der Waals surface area contributed by atoms with E-state index < -0.39 is 5.82 Å². The molecule has 3 aliphatic heterocycles. The quantitative estimate of drug-likeness (QED) is 0.438. The average molecular weight is 499 g/mol. The Hall–Kier alpha value is -3.36. The first kappa shape index (κ1) is 22.8. The van der Waals surface area contributed by atoms with E-state index in [0.717, 1.165) is 61.7 Å². The van der Waals surface area contributed by atoms with E-state index in [1.807, 2.05) is 42.5 Å². The number of hydrogen-bond acceptors (Lipinski definition) is 7. The molecule has 2 bridgehead atoms. The van der Waals surface area contributed by atoms with Gasteiger partial charge in [0.05, 0.1) is 5.39 Å². The topological polar surface area (TPSA) is 66.4 Å². The van der Waals surface area contributed by atoms with Crippen LogP contribution in [0.3, 0.4) is 0 Å². The molecular formula is C29H31FN6O. The predicted octanol–water partition coefficient (Wildman–Crippen LogP) is 4.40. The Balaban J connectivity index is 1.34. The molecule has 5 heterocycles. The zero-order valence-corrected chi connectivity index (χ0v) is 21.0. The fraction of sp³-hybridized carbons (Fsp3) is 0.414. The molecule has 7 nitrogen and oxygen atoms in total. The Morgan fingerprint density at radius 1 is 1.00 bits per heavy atom. The second kappa shape index (κ2) is 9.19. The number of ether oxygens (including phenoxy) is 1. The first-order valence-electron chi connectivity index (χ1n) is 13.3. The van der Waals surface area contributed by atoms with Crippen LogP contribution in [-0.4, -0.2) is 71.3 Å². The van der Waals surface area contributed by atoms with Gasteiger partial charge < -0.3 is 19.9 Å². The van der Waals surface area contributed by atoms with Gasteiger partial charge in [0.25, 0.3) is 0 Å². The van der Waals surface area contributed by atoms with Gasteiger partial charge in [0.1, 0.15) is 23.6 Å². The van der Waals surface area contributed by atoms with Crippen molar-refractivity contribution in [3.8, 4) is 17.3 Å². The van der Waals surface area contributed by atoms with E-state index in [1.165, 1.54) is 0 Å². The van der Waals surface area contributed by atoms with E-state index in [1.54, 1.807) is 6.20 Å². The number of anilines is 1. The van der Waals surface area contributed by atoms with Crippen molar-refractivity contribution in [3.63, 3.8) is 0 Å². The molecule has 8 heteroatoms. The third-order valence-electron chi connectivity index (χ3n) is 8.28. The van der Waals surface area contributed by atoms with E-state index in [4.69, 9.17) is 9.72 Å². The number of hydrogen-bond donors (Lipinski definition) is 1. The van der Waals surface area contributed by atoms with Crippen molar-refractivity contribution in [1.82, 2.24) is 25.2 Å². The second-order valence-electron chi connectivity index (χ2n) is 10.7. The normalized spacial score (nSPS) is 23.8. The molecule has 4 aromatic rings. The molecule has 190 valence electrons. The highest BCUT2D eigenvalue weighted by molar-refractivity contribution is 5.99. The molecule has 7 rings (SSSR count). The van der Waals surface area contributed by atoms with Crippen LogP contribution >= 0.6 is 0 Å². The molecular weight excluding hydrogens is 467 g/mol. The number of benzene rings is 2. The fourth-order valence-corrected chi connectivity index (χ4v) is 6.28. The summed E-state index contributed by atoms with van der Waals surface area (Å²) < 4.78 is 22.5. The van der Waals surface area contributed by atoms with Crippen LogP contribution in [0.15, 0.2) is 48.7 Å². The van der Waals surface area contributed by atoms with Crippen LogP contribution in [0.25, 0.3) is 32.9 Å². The zero-order valence-electron chi connectivity index (χ0n) is 21.0. The van der Waals surface area contributed by atoms with Crippen molar-refractivity contribution in [1.29, 1.82) is 0 Å². The average Bonchev–Trinajstić information content (AvgIpc) is 3.50. The molecule has 3 aliphatic rings. The lowest BCUT2D eigenvalue weighted by Gasteiger charge is -2.34. The third-order valence-corrected chi connectivity index (χ3v) is 8.28. The van der Waals surface area contributed by atoms with Gasteiger partial charge in [-0.1, -0.05) is 42.5 Å². The number of likely N-dealkylation sites (tertiary alicyclic amines) is 1. The third kappa shape index (κ3) is 4.08. The molecule has 0 spiro atoms. The van der Waals surface area contributed by atoms with Gasteiger partial charge in [-0.15, -0.1) is 0 Å². The Morgan fingerprint density at radius 2 is 1.81 bits per heavy atom. The maximum Gasteiger partial charge on any atom is 0.319 e. The van der Waals surface area contributed by atoms with Crippen molar-refractivity contribution in [2.75, 3.05) is 38.2 Å². The number of nitrogens with one attached hydrogen (secondary N) is 1. The minimum Gasteiger partial charge on any atom is -0.462 e. The molecule has 3 atom stereocenters. The summed E-state index contributed by atoms with van der Waals surface area (Å²) in [6, 6.07) is 15.3. The number of nitrogens with zero attached hydrogens (tertiary/aromatic N) is 5. The number of likely N-dealkylation sites (N-methyl/N-ethyl adjacent to an activating group) is 1. The van der Waals surface area contributed by atoms with Crippen molar-refractivity contribution in [3.05, 3.63) is 54.5 Å². The van der Waals surface area contributed by atoms with E-state index in [0.29, 0.717) is 41.6 Å². The number of pyridine rings is 1. The van der Waals surface area contributed by atoms with Gasteiger partial charge in [0.2, 0.25) is 0 Å². The molecule has 37 heavy (non-hydrogen) atoms. The lowest BCUT2D eigenvalue weighted by Crippen LogP contribution is -2.51. The molecule has 3 fully saturated rings. The monoisotopic (exact) mass is 498 g/mol. The summed E-state index contributed by atoms with van der Waals surface area (Å²) in [5.74, 6) is 0.285. The minimum absolute atomic E-state index is 0.239. The van der Waals surface area contributed by atoms with Gasteiger partial charge in [-0.2, -0.15) is 9.97 Å². The number of aromatic nitrogens is 3. The Kier molecular flexibility index (Phi) is 5.66. The molecule has 0 unspecified atom stereocenters. The van der Waals surface area contributed by atoms with E-state index >= 15 is 4.39 Å². The summed E-state index contributed by atoms with van der Waals surface area (Å²) in [6.07, 6.45) is 6.29. The van der Waals surface area contributed by atoms with E-state index in [9.17, 15) is 0 Å². The highest BCUT2D eigenvalue weighted by Crippen LogP contribution is 2.36. The zero-order chi connectivity index (χ0) is 24.9. The van der Waals surface area contributed by atoms with Crippen LogP contribution in [0, 0.1) is 5.82 Å². The van der Waals surface area contributed by atoms with Gasteiger partial charge in [-0.3, -0.25) is 4.98 Å². The van der Waals surface area contributed by atoms with Crippen LogP contribution in [0.1, 0.15) is 25.7 Å². The minimum atomic E-state index is -0.432. The van der Waals surface area contributed by atoms with Crippen molar-refractivity contribution < 1.29 is 9.13 Å². The molecule has 0 saturated carbocycles. The Labute approximate surface area is 215 Å². The second-order valence-corrected chi connectivity index (χ2v) is 10.7. The molecule has 0 amide bonds. The number of rotatable bonds is 5. The van der Waals surface area contributed by atoms with Crippen molar-refractivity contribution in [2.45, 2.75) is 43.8 Å². The standard InChI is InChI=1S/C29H31FN6O/c1-35-13-5-8-21(35)17-37-29-33-27-24(28(34-29)36-15-19-11-12-20(16-36)32-19)14-31-26(25(27)30)23-10-4-7-18-6-2-3-9-22(18)23/h2-4,6-7,9-10,14,19-21,32H,5,8,11-13,15-17H2,1H3/t19-,20+,21-/m0/s1. The fourth-order valence-electron chi connectivity index (χ4n) is 6.28. The maximum atomic E-state index is 16.3. The molecule has 0 aliphatic carbocycles. The summed E-state index contributed by atoms with van der Waals surface area (Å²) in [6.45, 7) is 3.23. The van der Waals surface area contributed by atoms with Crippen LogP contribution in [-0.2, 0) is 0 Å². The Morgan fingerprint density at radius 3 is 2.62 bits per heavy atom. The summed E-state index contributed by atoms with van der Waals surface area (Å²) >= 11 is 0. The van der Waals surface area contributed by atoms with Gasteiger partial charge in [0, 0.05) is 43.0 Å².